The Bertz CT molecular complexity index is 708. The van der Waals surface area contributed by atoms with Crippen molar-refractivity contribution in [3.63, 3.8) is 0 Å². The third-order valence-corrected chi connectivity index (χ3v) is 3.65. The van der Waals surface area contributed by atoms with Crippen LogP contribution in [0.15, 0.2) is 48.3 Å². The average molecular weight is 400 g/mol. The number of esters is 1. The largest absolute Gasteiger partial charge is 0.466 e. The maximum absolute atomic E-state index is 14.3. The number of benzene rings is 1. The molecule has 0 aliphatic heterocycles. The van der Waals surface area contributed by atoms with E-state index in [0.29, 0.717) is 16.7 Å². The Hall–Kier alpha value is -2.37. The molecule has 0 amide bonds. The second-order valence-corrected chi connectivity index (χ2v) is 5.79. The van der Waals surface area contributed by atoms with Gasteiger partial charge in [0.15, 0.2) is 0 Å². The Kier molecular flexibility index (Phi) is 11.1. The van der Waals surface area contributed by atoms with Gasteiger partial charge in [-0.1, -0.05) is 38.6 Å². The number of hydrogen-bond acceptors (Lipinski definition) is 2. The van der Waals surface area contributed by atoms with Crippen molar-refractivity contribution >= 4 is 11.5 Å². The maximum Gasteiger partial charge on any atom is 0.415 e. The Balaban J connectivity index is 0.00000352. The van der Waals surface area contributed by atoms with Crippen molar-refractivity contribution in [3.8, 4) is 0 Å². The number of carbonyl (C=O) groups excluding carboxylic acids is 1. The van der Waals surface area contributed by atoms with Gasteiger partial charge in [-0.25, -0.2) is 4.39 Å². The first-order valence-electron chi connectivity index (χ1n) is 9.12. The number of hydrogen-bond donors (Lipinski definition) is 0. The van der Waals surface area contributed by atoms with Crippen molar-refractivity contribution in [2.75, 3.05) is 6.61 Å². The van der Waals surface area contributed by atoms with Crippen LogP contribution >= 0.6 is 0 Å². The van der Waals surface area contributed by atoms with Gasteiger partial charge in [0.25, 0.3) is 0 Å². The van der Waals surface area contributed by atoms with E-state index in [9.17, 15) is 22.4 Å². The number of rotatable bonds is 7. The summed E-state index contributed by atoms with van der Waals surface area (Å²) in [6.07, 6.45) is -3.21. The molecule has 0 aliphatic carbocycles. The molecule has 0 atom stereocenters. The third-order valence-electron chi connectivity index (χ3n) is 3.65. The van der Waals surface area contributed by atoms with Crippen molar-refractivity contribution in [2.45, 2.75) is 53.6 Å². The summed E-state index contributed by atoms with van der Waals surface area (Å²) in [4.78, 5) is 11.3. The lowest BCUT2D eigenvalue weighted by molar-refractivity contribution is -0.143. The van der Waals surface area contributed by atoms with Gasteiger partial charge in [-0.3, -0.25) is 4.79 Å². The summed E-state index contributed by atoms with van der Waals surface area (Å²) < 4.78 is 57.6. The van der Waals surface area contributed by atoms with E-state index >= 15 is 0 Å². The molecule has 0 radical (unpaired) electrons. The first-order chi connectivity index (χ1) is 13.1. The fourth-order valence-corrected chi connectivity index (χ4v) is 2.42. The highest BCUT2D eigenvalue weighted by atomic mass is 19.4. The highest BCUT2D eigenvalue weighted by Crippen LogP contribution is 2.32. The molecule has 0 spiro atoms. The van der Waals surface area contributed by atoms with Gasteiger partial charge in [0, 0.05) is 12.0 Å². The standard InChI is InChI=1S/C20H22F4O2.C2H6/c1-5-26-18(25)10-9-17(21)12-16(11-15(4)20(22,23)24)19-13(2)7-6-8-14(19)3;1-2/h6-8,11-12H,4-5,9-10H2,1-3H3;1-2H3/b16-11+,17-12-;. The molecule has 6 heteroatoms. The van der Waals surface area contributed by atoms with Gasteiger partial charge in [-0.15, -0.1) is 0 Å². The summed E-state index contributed by atoms with van der Waals surface area (Å²) in [5, 5.41) is 0. The lowest BCUT2D eigenvalue weighted by Gasteiger charge is -2.13. The highest BCUT2D eigenvalue weighted by Gasteiger charge is 2.30. The molecule has 0 fully saturated rings. The van der Waals surface area contributed by atoms with Crippen LogP contribution in [0.5, 0.6) is 0 Å². The van der Waals surface area contributed by atoms with Crippen molar-refractivity contribution in [1.82, 2.24) is 0 Å². The van der Waals surface area contributed by atoms with Crippen molar-refractivity contribution in [3.05, 3.63) is 65.0 Å². The van der Waals surface area contributed by atoms with Crippen molar-refractivity contribution < 1.29 is 27.1 Å². The van der Waals surface area contributed by atoms with Gasteiger partial charge >= 0.3 is 12.1 Å². The number of alkyl halides is 3. The van der Waals surface area contributed by atoms with Crippen LogP contribution < -0.4 is 0 Å². The molecule has 0 aliphatic rings. The molecule has 2 nitrogen and oxygen atoms in total. The van der Waals surface area contributed by atoms with Crippen LogP contribution in [0.25, 0.3) is 5.57 Å². The Morgan fingerprint density at radius 2 is 1.64 bits per heavy atom. The van der Waals surface area contributed by atoms with Crippen LogP contribution in [0.3, 0.4) is 0 Å². The first kappa shape index (κ1) is 25.6. The normalized spacial score (nSPS) is 12.2. The zero-order valence-corrected chi connectivity index (χ0v) is 17.0. The highest BCUT2D eigenvalue weighted by molar-refractivity contribution is 5.80. The minimum Gasteiger partial charge on any atom is -0.466 e. The van der Waals surface area contributed by atoms with E-state index in [-0.39, 0.29) is 25.0 Å². The number of ether oxygens (including phenoxy) is 1. The molecule has 1 aromatic rings. The van der Waals surface area contributed by atoms with Gasteiger partial charge < -0.3 is 4.74 Å². The summed E-state index contributed by atoms with van der Waals surface area (Å²) in [6, 6.07) is 5.24. The molecule has 0 saturated carbocycles. The lowest BCUT2D eigenvalue weighted by Crippen LogP contribution is -2.09. The fourth-order valence-electron chi connectivity index (χ4n) is 2.42. The molecule has 0 aromatic heterocycles. The zero-order chi connectivity index (χ0) is 21.9. The molecular weight excluding hydrogens is 372 g/mol. The van der Waals surface area contributed by atoms with Crippen LogP contribution in [-0.2, 0) is 9.53 Å². The first-order valence-corrected chi connectivity index (χ1v) is 9.12. The van der Waals surface area contributed by atoms with E-state index in [1.807, 2.05) is 13.8 Å². The second kappa shape index (κ2) is 12.2. The number of carbonyl (C=O) groups is 1. The van der Waals surface area contributed by atoms with Crippen LogP contribution in [0, 0.1) is 13.8 Å². The number of allylic oxidation sites excluding steroid dienone is 5. The minimum atomic E-state index is -4.61. The van der Waals surface area contributed by atoms with E-state index < -0.39 is 23.5 Å². The predicted molar refractivity (Wildman–Crippen MR) is 105 cm³/mol. The maximum atomic E-state index is 14.3. The van der Waals surface area contributed by atoms with Crippen molar-refractivity contribution in [1.29, 1.82) is 0 Å². The van der Waals surface area contributed by atoms with E-state index in [0.717, 1.165) is 12.2 Å². The van der Waals surface area contributed by atoms with Crippen LogP contribution in [0.2, 0.25) is 0 Å². The molecule has 28 heavy (non-hydrogen) atoms. The van der Waals surface area contributed by atoms with Gasteiger partial charge in [-0.2, -0.15) is 13.2 Å². The Labute approximate surface area is 164 Å². The van der Waals surface area contributed by atoms with Gasteiger partial charge in [0.05, 0.1) is 13.0 Å². The van der Waals surface area contributed by atoms with Gasteiger partial charge in [0.2, 0.25) is 0 Å². The quantitative estimate of drug-likeness (QED) is 0.279. The summed E-state index contributed by atoms with van der Waals surface area (Å²) in [5.41, 5.74) is 0.902. The molecule has 1 aromatic carbocycles. The molecular formula is C22H28F4O2. The topological polar surface area (TPSA) is 26.3 Å². The Morgan fingerprint density at radius 3 is 2.11 bits per heavy atom. The van der Waals surface area contributed by atoms with E-state index in [2.05, 4.69) is 6.58 Å². The Morgan fingerprint density at radius 1 is 1.11 bits per heavy atom. The van der Waals surface area contributed by atoms with Gasteiger partial charge in [-0.05, 0) is 55.2 Å². The van der Waals surface area contributed by atoms with E-state index in [1.54, 1.807) is 39.0 Å². The molecule has 0 saturated heterocycles. The zero-order valence-electron chi connectivity index (χ0n) is 17.0. The van der Waals surface area contributed by atoms with Crippen LogP contribution in [0.1, 0.15) is 50.3 Å². The van der Waals surface area contributed by atoms with E-state index in [4.69, 9.17) is 4.74 Å². The SMILES string of the molecule is C=C(/C=C(\C=C(/F)CCC(=O)OCC)c1c(C)cccc1C)C(F)(F)F.CC. The average Bonchev–Trinajstić information content (AvgIpc) is 2.61. The van der Waals surface area contributed by atoms with Crippen LogP contribution in [-0.4, -0.2) is 18.8 Å². The second-order valence-electron chi connectivity index (χ2n) is 5.79. The lowest BCUT2D eigenvalue weighted by atomic mass is 9.93. The summed E-state index contributed by atoms with van der Waals surface area (Å²) in [6.45, 7) is 12.3. The van der Waals surface area contributed by atoms with E-state index in [1.165, 1.54) is 0 Å². The molecule has 1 rings (SSSR count). The van der Waals surface area contributed by atoms with Crippen LogP contribution in [0.4, 0.5) is 17.6 Å². The minimum absolute atomic E-state index is 0.0595. The van der Waals surface area contributed by atoms with Gasteiger partial charge in [0.1, 0.15) is 5.83 Å². The molecule has 156 valence electrons. The number of halogens is 4. The third kappa shape index (κ3) is 8.55. The fraction of sp³-hybridized carbons (Fsp3) is 0.409. The molecule has 0 N–H and O–H groups in total. The molecule has 0 bridgehead atoms. The smallest absolute Gasteiger partial charge is 0.415 e. The summed E-state index contributed by atoms with van der Waals surface area (Å²) in [5.74, 6) is -1.27. The molecule has 0 heterocycles. The summed E-state index contributed by atoms with van der Waals surface area (Å²) >= 11 is 0. The predicted octanol–water partition coefficient (Wildman–Crippen LogP) is 7.03. The monoisotopic (exact) mass is 400 g/mol. The molecule has 0 unspecified atom stereocenters. The number of aryl methyl sites for hydroxylation is 2. The summed E-state index contributed by atoms with van der Waals surface area (Å²) in [7, 11) is 0. The van der Waals surface area contributed by atoms with Crippen molar-refractivity contribution in [2.24, 2.45) is 0 Å².